The van der Waals surface area contributed by atoms with E-state index in [0.29, 0.717) is 4.75 Å². The van der Waals surface area contributed by atoms with Gasteiger partial charge >= 0.3 is 0 Å². The molecule has 0 atom stereocenters. The van der Waals surface area contributed by atoms with Gasteiger partial charge in [-0.2, -0.15) is 11.8 Å². The Balaban J connectivity index is 0.00000441. The van der Waals surface area contributed by atoms with Gasteiger partial charge in [-0.3, -0.25) is 4.99 Å². The maximum Gasteiger partial charge on any atom is 0.193 e. The molecule has 0 unspecified atom stereocenters. The van der Waals surface area contributed by atoms with Gasteiger partial charge in [0.25, 0.3) is 0 Å². The Kier molecular flexibility index (Phi) is 12.0. The molecule has 4 nitrogen and oxygen atoms in total. The zero-order valence-corrected chi connectivity index (χ0v) is 18.2. The summed E-state index contributed by atoms with van der Waals surface area (Å²) in [5.41, 5.74) is 0. The molecule has 0 aromatic heterocycles. The molecule has 0 amide bonds. The number of nitrogens with one attached hydrogen (secondary N) is 1. The van der Waals surface area contributed by atoms with Crippen molar-refractivity contribution < 1.29 is 0 Å². The van der Waals surface area contributed by atoms with Crippen LogP contribution >= 0.6 is 35.7 Å². The minimum atomic E-state index is 0. The summed E-state index contributed by atoms with van der Waals surface area (Å²) < 4.78 is 0.332. The molecule has 1 rings (SSSR count). The Morgan fingerprint density at radius 3 is 2.50 bits per heavy atom. The van der Waals surface area contributed by atoms with Crippen molar-refractivity contribution in [2.45, 2.75) is 45.3 Å². The van der Waals surface area contributed by atoms with Crippen molar-refractivity contribution >= 4 is 41.7 Å². The van der Waals surface area contributed by atoms with Gasteiger partial charge in [-0.15, -0.1) is 24.0 Å². The van der Waals surface area contributed by atoms with Crippen LogP contribution in [-0.2, 0) is 0 Å². The second-order valence-electron chi connectivity index (χ2n) is 6.24. The molecule has 22 heavy (non-hydrogen) atoms. The fourth-order valence-electron chi connectivity index (χ4n) is 2.73. The van der Waals surface area contributed by atoms with E-state index in [9.17, 15) is 0 Å². The normalized spacial score (nSPS) is 18.3. The van der Waals surface area contributed by atoms with E-state index in [1.165, 1.54) is 25.1 Å². The van der Waals surface area contributed by atoms with Crippen molar-refractivity contribution in [3.8, 4) is 0 Å². The first-order chi connectivity index (χ1) is 10.0. The molecule has 0 aromatic carbocycles. The number of guanidine groups is 1. The van der Waals surface area contributed by atoms with Crippen LogP contribution in [-0.4, -0.2) is 72.6 Å². The number of aliphatic imine (C=N–C) groups is 1. The highest BCUT2D eigenvalue weighted by molar-refractivity contribution is 14.0. The predicted octanol–water partition coefficient (Wildman–Crippen LogP) is 3.13. The van der Waals surface area contributed by atoms with Gasteiger partial charge in [-0.05, 0) is 46.3 Å². The Bertz CT molecular complexity index is 319. The van der Waals surface area contributed by atoms with Gasteiger partial charge < -0.3 is 15.1 Å². The summed E-state index contributed by atoms with van der Waals surface area (Å²) in [7, 11) is 1.90. The molecule has 1 heterocycles. The summed E-state index contributed by atoms with van der Waals surface area (Å²) in [5.74, 6) is 2.27. The van der Waals surface area contributed by atoms with Gasteiger partial charge in [0, 0.05) is 37.2 Å². The Labute approximate surface area is 158 Å². The minimum absolute atomic E-state index is 0. The van der Waals surface area contributed by atoms with E-state index in [-0.39, 0.29) is 24.0 Å². The summed E-state index contributed by atoms with van der Waals surface area (Å²) in [6.07, 6.45) is 2.47. The maximum atomic E-state index is 4.45. The van der Waals surface area contributed by atoms with E-state index in [1.807, 2.05) is 7.05 Å². The summed E-state index contributed by atoms with van der Waals surface area (Å²) >= 11 is 2.06. The number of halogens is 1. The first-order valence-electron chi connectivity index (χ1n) is 8.34. The fraction of sp³-hybridized carbons (Fsp3) is 0.938. The molecule has 0 aliphatic carbocycles. The second kappa shape index (κ2) is 11.8. The van der Waals surface area contributed by atoms with Crippen molar-refractivity contribution in [3.63, 3.8) is 0 Å². The number of rotatable bonds is 7. The maximum absolute atomic E-state index is 4.45. The minimum Gasteiger partial charge on any atom is -0.356 e. The molecule has 1 aliphatic heterocycles. The van der Waals surface area contributed by atoms with Crippen LogP contribution in [0.2, 0.25) is 0 Å². The van der Waals surface area contributed by atoms with Crippen molar-refractivity contribution in [2.75, 3.05) is 52.1 Å². The van der Waals surface area contributed by atoms with Gasteiger partial charge in [0.05, 0.1) is 0 Å². The fourth-order valence-corrected chi connectivity index (χ4v) is 3.84. The number of hydrogen-bond acceptors (Lipinski definition) is 3. The first-order valence-corrected chi connectivity index (χ1v) is 9.33. The summed E-state index contributed by atoms with van der Waals surface area (Å²) in [4.78, 5) is 9.34. The monoisotopic (exact) mass is 442 g/mol. The molecule has 6 heteroatoms. The van der Waals surface area contributed by atoms with Crippen LogP contribution in [0.4, 0.5) is 0 Å². The molecule has 0 saturated carbocycles. The van der Waals surface area contributed by atoms with E-state index >= 15 is 0 Å². The average Bonchev–Trinajstić information content (AvgIpc) is 2.46. The van der Waals surface area contributed by atoms with Gasteiger partial charge in [-0.1, -0.05) is 13.8 Å². The van der Waals surface area contributed by atoms with E-state index in [4.69, 9.17) is 0 Å². The van der Waals surface area contributed by atoms with Crippen LogP contribution in [0, 0.1) is 0 Å². The first kappa shape index (κ1) is 22.3. The SMILES string of the molecule is CCN(CC)CCCCNC(=NC)N1CCSC(C)(C)C1.I. The van der Waals surface area contributed by atoms with Crippen molar-refractivity contribution in [1.29, 1.82) is 0 Å². The Morgan fingerprint density at radius 1 is 1.27 bits per heavy atom. The second-order valence-corrected chi connectivity index (χ2v) is 8.04. The topological polar surface area (TPSA) is 30.9 Å². The molecule has 1 N–H and O–H groups in total. The lowest BCUT2D eigenvalue weighted by Crippen LogP contribution is -2.51. The summed E-state index contributed by atoms with van der Waals surface area (Å²) in [6.45, 7) is 15.8. The third-order valence-corrected chi connectivity index (χ3v) is 5.31. The van der Waals surface area contributed by atoms with E-state index in [2.05, 4.69) is 59.6 Å². The quantitative estimate of drug-likeness (QED) is 0.284. The lowest BCUT2D eigenvalue weighted by Gasteiger charge is -2.39. The average molecular weight is 442 g/mol. The predicted molar refractivity (Wildman–Crippen MR) is 112 cm³/mol. The molecule has 1 aliphatic rings. The number of nitrogens with zero attached hydrogens (tertiary/aromatic N) is 3. The van der Waals surface area contributed by atoms with Gasteiger partial charge in [0.1, 0.15) is 0 Å². The third kappa shape index (κ3) is 8.24. The Morgan fingerprint density at radius 2 is 1.95 bits per heavy atom. The lowest BCUT2D eigenvalue weighted by molar-refractivity contribution is 0.296. The molecule has 0 aromatic rings. The standard InChI is InChI=1S/C16H34N4S.HI/c1-6-19(7-2)11-9-8-10-18-15(17-5)20-12-13-21-16(3,4)14-20;/h6-14H2,1-5H3,(H,17,18);1H. The molecular formula is C16H35IN4S. The molecule has 1 fully saturated rings. The highest BCUT2D eigenvalue weighted by Crippen LogP contribution is 2.29. The molecule has 0 bridgehead atoms. The zero-order chi connectivity index (χ0) is 15.7. The van der Waals surface area contributed by atoms with Gasteiger partial charge in [0.15, 0.2) is 5.96 Å². The van der Waals surface area contributed by atoms with Crippen molar-refractivity contribution in [1.82, 2.24) is 15.1 Å². The van der Waals surface area contributed by atoms with Crippen LogP contribution in [0.15, 0.2) is 4.99 Å². The summed E-state index contributed by atoms with van der Waals surface area (Å²) in [6, 6.07) is 0. The summed E-state index contributed by atoms with van der Waals surface area (Å²) in [5, 5.41) is 3.53. The lowest BCUT2D eigenvalue weighted by atomic mass is 10.2. The van der Waals surface area contributed by atoms with E-state index in [1.54, 1.807) is 0 Å². The van der Waals surface area contributed by atoms with Crippen LogP contribution in [0.25, 0.3) is 0 Å². The van der Waals surface area contributed by atoms with Crippen LogP contribution in [0.1, 0.15) is 40.5 Å². The van der Waals surface area contributed by atoms with Crippen molar-refractivity contribution in [3.05, 3.63) is 0 Å². The molecule has 1 saturated heterocycles. The molecule has 0 spiro atoms. The highest BCUT2D eigenvalue weighted by atomic mass is 127. The number of unbranched alkanes of at least 4 members (excludes halogenated alkanes) is 1. The van der Waals surface area contributed by atoms with Crippen molar-refractivity contribution in [2.24, 2.45) is 4.99 Å². The number of thioether (sulfide) groups is 1. The van der Waals surface area contributed by atoms with E-state index < -0.39 is 0 Å². The van der Waals surface area contributed by atoms with Gasteiger partial charge in [-0.25, -0.2) is 0 Å². The Hall–Kier alpha value is 0.310. The highest BCUT2D eigenvalue weighted by Gasteiger charge is 2.28. The molecule has 0 radical (unpaired) electrons. The van der Waals surface area contributed by atoms with Crippen LogP contribution in [0.3, 0.4) is 0 Å². The van der Waals surface area contributed by atoms with Crippen LogP contribution in [0.5, 0.6) is 0 Å². The zero-order valence-electron chi connectivity index (χ0n) is 15.0. The third-order valence-electron chi connectivity index (χ3n) is 4.02. The molecular weight excluding hydrogens is 407 g/mol. The smallest absolute Gasteiger partial charge is 0.193 e. The largest absolute Gasteiger partial charge is 0.356 e. The van der Waals surface area contributed by atoms with Gasteiger partial charge in [0.2, 0.25) is 0 Å². The molecule has 132 valence electrons. The van der Waals surface area contributed by atoms with E-state index in [0.717, 1.165) is 38.7 Å². The van der Waals surface area contributed by atoms with Crippen LogP contribution < -0.4 is 5.32 Å². The number of hydrogen-bond donors (Lipinski definition) is 1.